The maximum absolute atomic E-state index is 11.8. The van der Waals surface area contributed by atoms with Crippen molar-refractivity contribution >= 4 is 21.6 Å². The molecule has 1 atom stereocenters. The third-order valence-electron chi connectivity index (χ3n) is 2.75. The van der Waals surface area contributed by atoms with Crippen LogP contribution >= 0.6 is 0 Å². The Kier molecular flexibility index (Phi) is 3.30. The van der Waals surface area contributed by atoms with Crippen molar-refractivity contribution in [1.82, 2.24) is 4.98 Å². The molecule has 1 unspecified atom stereocenters. The molecule has 0 spiro atoms. The first-order valence-corrected chi connectivity index (χ1v) is 7.20. The van der Waals surface area contributed by atoms with E-state index in [0.29, 0.717) is 17.8 Å². The zero-order valence-electron chi connectivity index (χ0n) is 9.46. The molecule has 1 aromatic rings. The summed E-state index contributed by atoms with van der Waals surface area (Å²) in [4.78, 5) is 15.7. The molecule has 0 radical (unpaired) electrons. The monoisotopic (exact) mass is 265 g/mol. The molecule has 0 saturated carbocycles. The highest BCUT2D eigenvalue weighted by atomic mass is 32.2. The predicted molar refractivity (Wildman–Crippen MR) is 64.3 cm³/mol. The Balaban J connectivity index is 2.01. The second kappa shape index (κ2) is 4.74. The van der Waals surface area contributed by atoms with Crippen molar-refractivity contribution in [3.8, 4) is 6.07 Å². The number of hydrogen-bond acceptors (Lipinski definition) is 5. The molecule has 1 saturated heterocycles. The van der Waals surface area contributed by atoms with E-state index in [1.807, 2.05) is 6.07 Å². The molecule has 1 amide bonds. The Morgan fingerprint density at radius 1 is 1.50 bits per heavy atom. The van der Waals surface area contributed by atoms with Crippen LogP contribution in [-0.4, -0.2) is 30.8 Å². The minimum Gasteiger partial charge on any atom is -0.310 e. The number of pyridine rings is 1. The average molecular weight is 265 g/mol. The van der Waals surface area contributed by atoms with E-state index < -0.39 is 15.8 Å². The number of rotatable bonds is 2. The molecule has 94 valence electrons. The van der Waals surface area contributed by atoms with Crippen LogP contribution in [0.15, 0.2) is 18.3 Å². The van der Waals surface area contributed by atoms with E-state index in [4.69, 9.17) is 5.26 Å². The van der Waals surface area contributed by atoms with Crippen LogP contribution in [-0.2, 0) is 14.6 Å². The van der Waals surface area contributed by atoms with E-state index in [1.54, 1.807) is 0 Å². The normalized spacial score (nSPS) is 21.2. The van der Waals surface area contributed by atoms with Gasteiger partial charge in [0.15, 0.2) is 9.84 Å². The number of nitriles is 1. The highest BCUT2D eigenvalue weighted by Crippen LogP contribution is 2.19. The fourth-order valence-corrected chi connectivity index (χ4v) is 3.51. The molecule has 1 aliphatic rings. The van der Waals surface area contributed by atoms with Gasteiger partial charge in [0.05, 0.1) is 23.0 Å². The molecule has 1 fully saturated rings. The molecule has 0 aliphatic carbocycles. The Morgan fingerprint density at radius 2 is 2.28 bits per heavy atom. The van der Waals surface area contributed by atoms with E-state index in [0.717, 1.165) is 0 Å². The number of sulfone groups is 1. The van der Waals surface area contributed by atoms with Crippen molar-refractivity contribution in [3.63, 3.8) is 0 Å². The summed E-state index contributed by atoms with van der Waals surface area (Å²) < 4.78 is 22.5. The minimum atomic E-state index is -3.07. The van der Waals surface area contributed by atoms with E-state index in [2.05, 4.69) is 10.3 Å². The third kappa shape index (κ3) is 2.84. The van der Waals surface area contributed by atoms with Gasteiger partial charge in [-0.05, 0) is 18.6 Å². The largest absolute Gasteiger partial charge is 0.310 e. The van der Waals surface area contributed by atoms with Gasteiger partial charge < -0.3 is 5.32 Å². The van der Waals surface area contributed by atoms with E-state index >= 15 is 0 Å². The summed E-state index contributed by atoms with van der Waals surface area (Å²) in [7, 11) is -3.07. The maximum atomic E-state index is 11.8. The van der Waals surface area contributed by atoms with Crippen LogP contribution in [0.25, 0.3) is 0 Å². The Bertz CT molecular complexity index is 601. The van der Waals surface area contributed by atoms with Gasteiger partial charge >= 0.3 is 0 Å². The van der Waals surface area contributed by atoms with E-state index in [9.17, 15) is 13.2 Å². The summed E-state index contributed by atoms with van der Waals surface area (Å²) in [5.74, 6) is -0.565. The zero-order valence-corrected chi connectivity index (χ0v) is 10.3. The lowest BCUT2D eigenvalue weighted by Crippen LogP contribution is -2.24. The van der Waals surface area contributed by atoms with Gasteiger partial charge in [0.2, 0.25) is 5.91 Å². The first-order chi connectivity index (χ1) is 8.50. The van der Waals surface area contributed by atoms with Crippen molar-refractivity contribution in [2.45, 2.75) is 6.42 Å². The van der Waals surface area contributed by atoms with Crippen molar-refractivity contribution in [3.05, 3.63) is 23.9 Å². The average Bonchev–Trinajstić information content (AvgIpc) is 2.71. The second-order valence-electron chi connectivity index (χ2n) is 4.13. The molecule has 0 aromatic carbocycles. The van der Waals surface area contributed by atoms with Crippen molar-refractivity contribution in [2.75, 3.05) is 16.8 Å². The first kappa shape index (κ1) is 12.5. The van der Waals surface area contributed by atoms with Crippen LogP contribution in [0.5, 0.6) is 0 Å². The molecule has 7 heteroatoms. The van der Waals surface area contributed by atoms with E-state index in [1.165, 1.54) is 18.3 Å². The molecule has 6 nitrogen and oxygen atoms in total. The van der Waals surface area contributed by atoms with Crippen LogP contribution in [0.1, 0.15) is 12.0 Å². The lowest BCUT2D eigenvalue weighted by molar-refractivity contribution is -0.119. The second-order valence-corrected chi connectivity index (χ2v) is 6.36. The number of carbonyl (C=O) groups is 1. The molecule has 1 aliphatic heterocycles. The van der Waals surface area contributed by atoms with Gasteiger partial charge in [0.1, 0.15) is 11.9 Å². The van der Waals surface area contributed by atoms with Crippen molar-refractivity contribution in [1.29, 1.82) is 5.26 Å². The smallest absolute Gasteiger partial charge is 0.229 e. The molecular weight excluding hydrogens is 254 g/mol. The van der Waals surface area contributed by atoms with Crippen LogP contribution in [0.4, 0.5) is 5.82 Å². The number of nitrogens with one attached hydrogen (secondary N) is 1. The van der Waals surface area contributed by atoms with Crippen molar-refractivity contribution < 1.29 is 13.2 Å². The fraction of sp³-hybridized carbons (Fsp3) is 0.364. The quantitative estimate of drug-likeness (QED) is 0.830. The highest BCUT2D eigenvalue weighted by molar-refractivity contribution is 7.91. The maximum Gasteiger partial charge on any atom is 0.229 e. The molecule has 2 heterocycles. The highest BCUT2D eigenvalue weighted by Gasteiger charge is 2.32. The standard InChI is InChI=1S/C11H11N3O3S/c12-5-8-1-2-10(13-6-8)14-11(15)9-3-4-18(16,17)7-9/h1-2,6,9H,3-4,7H2,(H,13,14,15). The summed E-state index contributed by atoms with van der Waals surface area (Å²) in [6.45, 7) is 0. The molecule has 2 rings (SSSR count). The van der Waals surface area contributed by atoms with Gasteiger partial charge in [-0.3, -0.25) is 4.79 Å². The van der Waals surface area contributed by atoms with Gasteiger partial charge in [-0.2, -0.15) is 5.26 Å². The number of aromatic nitrogens is 1. The van der Waals surface area contributed by atoms with Crippen LogP contribution in [0.2, 0.25) is 0 Å². The molecular formula is C11H11N3O3S. The van der Waals surface area contributed by atoms with Crippen molar-refractivity contribution in [2.24, 2.45) is 5.92 Å². The number of carbonyl (C=O) groups excluding carboxylic acids is 1. The van der Waals surface area contributed by atoms with Crippen LogP contribution in [0.3, 0.4) is 0 Å². The topological polar surface area (TPSA) is 99.9 Å². The predicted octanol–water partition coefficient (Wildman–Crippen LogP) is 0.326. The minimum absolute atomic E-state index is 0.0614. The Labute approximate surface area is 105 Å². The molecule has 0 bridgehead atoms. The lowest BCUT2D eigenvalue weighted by atomic mass is 10.1. The third-order valence-corrected chi connectivity index (χ3v) is 4.52. The first-order valence-electron chi connectivity index (χ1n) is 5.37. The van der Waals surface area contributed by atoms with Crippen LogP contribution in [0, 0.1) is 17.2 Å². The lowest BCUT2D eigenvalue weighted by Gasteiger charge is -2.08. The summed E-state index contributed by atoms with van der Waals surface area (Å²) in [6, 6.07) is 4.97. The van der Waals surface area contributed by atoms with Gasteiger partial charge in [-0.1, -0.05) is 0 Å². The SMILES string of the molecule is N#Cc1ccc(NC(=O)C2CCS(=O)(=O)C2)nc1. The number of anilines is 1. The van der Waals surface area contributed by atoms with E-state index in [-0.39, 0.29) is 17.4 Å². The molecule has 18 heavy (non-hydrogen) atoms. The number of hydrogen-bond donors (Lipinski definition) is 1. The Hall–Kier alpha value is -1.94. The Morgan fingerprint density at radius 3 is 2.78 bits per heavy atom. The summed E-state index contributed by atoms with van der Waals surface area (Å²) in [5.41, 5.74) is 0.399. The number of amides is 1. The summed E-state index contributed by atoms with van der Waals surface area (Å²) >= 11 is 0. The number of nitrogens with zero attached hydrogens (tertiary/aromatic N) is 2. The van der Waals surface area contributed by atoms with Crippen LogP contribution < -0.4 is 5.32 Å². The summed E-state index contributed by atoms with van der Waals surface area (Å²) in [6.07, 6.45) is 1.70. The van der Waals surface area contributed by atoms with Gasteiger partial charge in [0.25, 0.3) is 0 Å². The molecule has 1 aromatic heterocycles. The fourth-order valence-electron chi connectivity index (χ4n) is 1.76. The summed E-state index contributed by atoms with van der Waals surface area (Å²) in [5, 5.41) is 11.1. The van der Waals surface area contributed by atoms with Gasteiger partial charge in [-0.15, -0.1) is 0 Å². The molecule has 1 N–H and O–H groups in total. The van der Waals surface area contributed by atoms with Gasteiger partial charge in [-0.25, -0.2) is 13.4 Å². The zero-order chi connectivity index (χ0) is 13.2. The van der Waals surface area contributed by atoms with Gasteiger partial charge in [0, 0.05) is 6.20 Å².